The molecule has 5 nitrogen and oxygen atoms in total. The topological polar surface area (TPSA) is 70.0 Å². The van der Waals surface area contributed by atoms with Gasteiger partial charge in [-0.05, 0) is 60.7 Å². The Hall–Kier alpha value is -4.25. The van der Waals surface area contributed by atoms with E-state index >= 15 is 0 Å². The number of rotatable bonds is 5. The van der Waals surface area contributed by atoms with Crippen molar-refractivity contribution >= 4 is 17.3 Å². The summed E-state index contributed by atoms with van der Waals surface area (Å²) in [6, 6.07) is 24.4. The van der Waals surface area contributed by atoms with Crippen molar-refractivity contribution in [1.82, 2.24) is 0 Å². The van der Waals surface area contributed by atoms with Crippen LogP contribution < -0.4 is 9.64 Å². The van der Waals surface area contributed by atoms with Gasteiger partial charge < -0.3 is 14.9 Å². The third kappa shape index (κ3) is 3.27. The molecule has 4 aromatic carbocycles. The summed E-state index contributed by atoms with van der Waals surface area (Å²) in [5.74, 6) is 0.746. The van der Waals surface area contributed by atoms with Crippen LogP contribution in [0.5, 0.6) is 17.2 Å². The van der Waals surface area contributed by atoms with E-state index in [1.54, 1.807) is 12.0 Å². The summed E-state index contributed by atoms with van der Waals surface area (Å²) in [5, 5.41) is 22.1. The number of anilines is 2. The van der Waals surface area contributed by atoms with Gasteiger partial charge in [0.05, 0.1) is 18.5 Å². The number of fused-ring (bicyclic) bond motifs is 1. The number of carbonyl (C=O) groups is 1. The average Bonchev–Trinajstić information content (AvgIpc) is 3.15. The Bertz CT molecular complexity index is 1470. The summed E-state index contributed by atoms with van der Waals surface area (Å²) >= 11 is 0. The third-order valence-electron chi connectivity index (χ3n) is 7.21. The number of carbonyl (C=O) groups excluding carboxylic acids is 1. The van der Waals surface area contributed by atoms with Crippen molar-refractivity contribution in [2.75, 3.05) is 12.0 Å². The van der Waals surface area contributed by atoms with Crippen molar-refractivity contribution in [2.24, 2.45) is 0 Å². The molecule has 1 aliphatic heterocycles. The van der Waals surface area contributed by atoms with Crippen LogP contribution in [0.15, 0.2) is 78.9 Å². The predicted molar refractivity (Wildman–Crippen MR) is 142 cm³/mol. The molecule has 0 bridgehead atoms. The molecule has 36 heavy (non-hydrogen) atoms. The number of hydrogen-bond donors (Lipinski definition) is 2. The summed E-state index contributed by atoms with van der Waals surface area (Å²) in [7, 11) is 1.60. The van der Waals surface area contributed by atoms with Crippen LogP contribution in [0.1, 0.15) is 40.3 Å². The van der Waals surface area contributed by atoms with Crippen LogP contribution in [0.3, 0.4) is 0 Å². The van der Waals surface area contributed by atoms with E-state index in [9.17, 15) is 15.0 Å². The quantitative estimate of drug-likeness (QED) is 0.353. The van der Waals surface area contributed by atoms with Crippen molar-refractivity contribution in [3.05, 3.63) is 112 Å². The second-order valence-electron chi connectivity index (χ2n) is 9.23. The van der Waals surface area contributed by atoms with Gasteiger partial charge in [0.2, 0.25) is 0 Å². The highest BCUT2D eigenvalue weighted by molar-refractivity contribution is 6.17. The molecule has 1 unspecified atom stereocenters. The van der Waals surface area contributed by atoms with Gasteiger partial charge in [0.1, 0.15) is 22.7 Å². The number of amides is 1. The number of aromatic hydroxyl groups is 2. The molecule has 1 heterocycles. The van der Waals surface area contributed by atoms with Gasteiger partial charge in [-0.1, -0.05) is 61.5 Å². The number of para-hydroxylation sites is 2. The first-order chi connectivity index (χ1) is 17.3. The Kier molecular flexibility index (Phi) is 5.71. The minimum absolute atomic E-state index is 0.110. The molecule has 0 fully saturated rings. The van der Waals surface area contributed by atoms with Gasteiger partial charge in [-0.25, -0.2) is 0 Å². The lowest BCUT2D eigenvalue weighted by Crippen LogP contribution is -2.40. The molecule has 0 aliphatic carbocycles. The number of nitrogens with zero attached hydrogens (tertiary/aromatic N) is 1. The van der Waals surface area contributed by atoms with Gasteiger partial charge in [-0.15, -0.1) is 0 Å². The Morgan fingerprint density at radius 2 is 1.50 bits per heavy atom. The molecule has 0 aromatic heterocycles. The Balaban J connectivity index is 1.91. The summed E-state index contributed by atoms with van der Waals surface area (Å²) < 4.78 is 5.45. The van der Waals surface area contributed by atoms with E-state index in [-0.39, 0.29) is 17.4 Å². The van der Waals surface area contributed by atoms with E-state index < -0.39 is 5.41 Å². The molecule has 1 amide bonds. The summed E-state index contributed by atoms with van der Waals surface area (Å²) in [5.41, 5.74) is 4.18. The molecule has 0 radical (unpaired) electrons. The second-order valence-corrected chi connectivity index (χ2v) is 9.23. The highest BCUT2D eigenvalue weighted by Gasteiger charge is 2.55. The SMILES string of the molecule is CCc1cccc(C2(c3cc(C)c(O)c(C)c3)C(=O)N(c3cccc(OC)c3)c3ccccc32)c1O. The molecule has 0 saturated carbocycles. The van der Waals surface area contributed by atoms with Crippen molar-refractivity contribution in [2.45, 2.75) is 32.6 Å². The lowest BCUT2D eigenvalue weighted by Gasteiger charge is -2.32. The van der Waals surface area contributed by atoms with Crippen LogP contribution >= 0.6 is 0 Å². The van der Waals surface area contributed by atoms with Crippen LogP contribution in [0.4, 0.5) is 11.4 Å². The van der Waals surface area contributed by atoms with E-state index in [0.29, 0.717) is 40.1 Å². The van der Waals surface area contributed by atoms with Gasteiger partial charge in [0.25, 0.3) is 5.91 Å². The Morgan fingerprint density at radius 3 is 2.19 bits per heavy atom. The number of aryl methyl sites for hydroxylation is 3. The van der Waals surface area contributed by atoms with Crippen molar-refractivity contribution in [3.63, 3.8) is 0 Å². The standard InChI is InChI=1S/C31H29NO4/c1-5-21-10-8-14-26(29(21)34)31(22-16-19(2)28(33)20(3)17-22)25-13-6-7-15-27(25)32(30(31)35)23-11-9-12-24(18-23)36-4/h6-18,33-34H,5H2,1-4H3. The van der Waals surface area contributed by atoms with E-state index in [1.165, 1.54) is 0 Å². The van der Waals surface area contributed by atoms with Gasteiger partial charge in [0, 0.05) is 17.2 Å². The minimum atomic E-state index is -1.32. The molecule has 182 valence electrons. The lowest BCUT2D eigenvalue weighted by atomic mass is 9.68. The third-order valence-corrected chi connectivity index (χ3v) is 7.21. The first-order valence-electron chi connectivity index (χ1n) is 12.0. The lowest BCUT2D eigenvalue weighted by molar-refractivity contribution is -0.120. The molecule has 0 spiro atoms. The summed E-state index contributed by atoms with van der Waals surface area (Å²) in [6.45, 7) is 5.63. The highest BCUT2D eigenvalue weighted by Crippen LogP contribution is 2.55. The van der Waals surface area contributed by atoms with Crippen LogP contribution in [0, 0.1) is 13.8 Å². The number of hydrogen-bond acceptors (Lipinski definition) is 4. The maximum Gasteiger partial charge on any atom is 0.251 e. The first kappa shape index (κ1) is 23.5. The zero-order chi connectivity index (χ0) is 25.6. The molecule has 2 N–H and O–H groups in total. The van der Waals surface area contributed by atoms with Crippen LogP contribution in [0.25, 0.3) is 0 Å². The molecule has 1 atom stereocenters. The zero-order valence-corrected chi connectivity index (χ0v) is 20.9. The molecule has 4 aromatic rings. The van der Waals surface area contributed by atoms with E-state index in [0.717, 1.165) is 16.8 Å². The predicted octanol–water partition coefficient (Wildman–Crippen LogP) is 6.30. The number of methoxy groups -OCH3 is 1. The molecule has 5 heteroatoms. The van der Waals surface area contributed by atoms with Gasteiger partial charge >= 0.3 is 0 Å². The normalized spacial score (nSPS) is 16.8. The molecular weight excluding hydrogens is 450 g/mol. The Labute approximate surface area is 211 Å². The van der Waals surface area contributed by atoms with E-state index in [1.807, 2.05) is 99.6 Å². The molecule has 1 aliphatic rings. The van der Waals surface area contributed by atoms with Crippen molar-refractivity contribution in [1.29, 1.82) is 0 Å². The first-order valence-corrected chi connectivity index (χ1v) is 12.0. The fourth-order valence-electron chi connectivity index (χ4n) is 5.43. The van der Waals surface area contributed by atoms with E-state index in [2.05, 4.69) is 0 Å². The molecule has 5 rings (SSSR count). The average molecular weight is 480 g/mol. The summed E-state index contributed by atoms with van der Waals surface area (Å²) in [6.07, 6.45) is 0.624. The van der Waals surface area contributed by atoms with Crippen molar-refractivity contribution < 1.29 is 19.7 Å². The zero-order valence-electron chi connectivity index (χ0n) is 20.9. The number of ether oxygens (including phenoxy) is 1. The fourth-order valence-corrected chi connectivity index (χ4v) is 5.43. The van der Waals surface area contributed by atoms with Crippen LogP contribution in [-0.2, 0) is 16.6 Å². The Morgan fingerprint density at radius 1 is 0.833 bits per heavy atom. The number of phenolic OH excluding ortho intramolecular Hbond substituents is 2. The maximum atomic E-state index is 14.9. The monoisotopic (exact) mass is 479 g/mol. The minimum Gasteiger partial charge on any atom is -0.507 e. The van der Waals surface area contributed by atoms with Gasteiger partial charge in [-0.2, -0.15) is 0 Å². The van der Waals surface area contributed by atoms with Crippen molar-refractivity contribution in [3.8, 4) is 17.2 Å². The highest BCUT2D eigenvalue weighted by atomic mass is 16.5. The molecule has 0 saturated heterocycles. The number of phenols is 2. The second kappa shape index (κ2) is 8.76. The van der Waals surface area contributed by atoms with Crippen LogP contribution in [-0.4, -0.2) is 23.2 Å². The largest absolute Gasteiger partial charge is 0.507 e. The summed E-state index contributed by atoms with van der Waals surface area (Å²) in [4.78, 5) is 16.6. The van der Waals surface area contributed by atoms with Crippen LogP contribution in [0.2, 0.25) is 0 Å². The smallest absolute Gasteiger partial charge is 0.251 e. The number of benzene rings is 4. The van der Waals surface area contributed by atoms with E-state index in [4.69, 9.17) is 4.74 Å². The van der Waals surface area contributed by atoms with Gasteiger partial charge in [0.15, 0.2) is 0 Å². The fraction of sp³-hybridized carbons (Fsp3) is 0.194. The molecular formula is C31H29NO4. The maximum absolute atomic E-state index is 14.9. The van der Waals surface area contributed by atoms with Gasteiger partial charge in [-0.3, -0.25) is 9.69 Å².